The molecule has 3 heteroatoms. The molecule has 1 aliphatic rings. The third-order valence-corrected chi connectivity index (χ3v) is 3.77. The molecule has 1 N–H and O–H groups in total. The molecule has 1 atom stereocenters. The highest BCUT2D eigenvalue weighted by Gasteiger charge is 2.19. The van der Waals surface area contributed by atoms with Crippen molar-refractivity contribution >= 4 is 0 Å². The van der Waals surface area contributed by atoms with E-state index in [0.717, 1.165) is 29.2 Å². The molecule has 0 spiro atoms. The van der Waals surface area contributed by atoms with Gasteiger partial charge in [0, 0.05) is 11.8 Å². The summed E-state index contributed by atoms with van der Waals surface area (Å²) in [4.78, 5) is 3.25. The Morgan fingerprint density at radius 1 is 1.16 bits per heavy atom. The average Bonchev–Trinajstić information content (AvgIpc) is 2.90. The summed E-state index contributed by atoms with van der Waals surface area (Å²) in [7, 11) is 0. The summed E-state index contributed by atoms with van der Waals surface area (Å²) in [6.07, 6.45) is 3.03. The quantitative estimate of drug-likeness (QED) is 0.902. The molecular weight excluding hydrogens is 238 g/mol. The number of nitrogens with one attached hydrogen (secondary N) is 1. The molecule has 1 aromatic carbocycles. The predicted molar refractivity (Wildman–Crippen MR) is 75.9 cm³/mol. The molecule has 0 radical (unpaired) electrons. The minimum Gasteiger partial charge on any atom is -0.485 e. The Labute approximate surface area is 113 Å². The van der Waals surface area contributed by atoms with Crippen LogP contribution in [0.3, 0.4) is 0 Å². The summed E-state index contributed by atoms with van der Waals surface area (Å²) >= 11 is 0. The standard InChI is InChI=1S/C16H19NO2/c1-3-11(2)12-4-6-13(7-5-12)15-16-14(10-17-15)18-8-9-19-16/h4-7,10-11,17H,3,8-9H2,1-2H3. The molecule has 0 aliphatic carbocycles. The second-order valence-electron chi connectivity index (χ2n) is 4.99. The highest BCUT2D eigenvalue weighted by atomic mass is 16.6. The van der Waals surface area contributed by atoms with Crippen LogP contribution in [0.2, 0.25) is 0 Å². The van der Waals surface area contributed by atoms with E-state index in [9.17, 15) is 0 Å². The van der Waals surface area contributed by atoms with E-state index in [0.29, 0.717) is 19.1 Å². The van der Waals surface area contributed by atoms with Crippen LogP contribution in [0.25, 0.3) is 11.3 Å². The zero-order valence-corrected chi connectivity index (χ0v) is 11.4. The molecule has 19 heavy (non-hydrogen) atoms. The highest BCUT2D eigenvalue weighted by Crippen LogP contribution is 2.39. The largest absolute Gasteiger partial charge is 0.485 e. The average molecular weight is 257 g/mol. The summed E-state index contributed by atoms with van der Waals surface area (Å²) in [5.41, 5.74) is 3.52. The number of ether oxygens (including phenoxy) is 2. The van der Waals surface area contributed by atoms with Gasteiger partial charge in [0.1, 0.15) is 13.2 Å². The van der Waals surface area contributed by atoms with E-state index in [4.69, 9.17) is 9.47 Å². The van der Waals surface area contributed by atoms with Crippen LogP contribution >= 0.6 is 0 Å². The lowest BCUT2D eigenvalue weighted by Gasteiger charge is -2.16. The molecule has 1 aliphatic heterocycles. The zero-order valence-electron chi connectivity index (χ0n) is 11.4. The molecule has 100 valence electrons. The lowest BCUT2D eigenvalue weighted by atomic mass is 9.97. The monoisotopic (exact) mass is 257 g/mol. The number of H-pyrrole nitrogens is 1. The topological polar surface area (TPSA) is 34.2 Å². The van der Waals surface area contributed by atoms with E-state index < -0.39 is 0 Å². The van der Waals surface area contributed by atoms with Gasteiger partial charge in [0.25, 0.3) is 0 Å². The van der Waals surface area contributed by atoms with Crippen molar-refractivity contribution in [2.45, 2.75) is 26.2 Å². The molecule has 3 rings (SSSR count). The molecule has 0 bridgehead atoms. The first-order valence-corrected chi connectivity index (χ1v) is 6.87. The van der Waals surface area contributed by atoms with Crippen LogP contribution in [0.5, 0.6) is 11.5 Å². The number of aromatic amines is 1. The molecular formula is C16H19NO2. The summed E-state index contributed by atoms with van der Waals surface area (Å²) in [6, 6.07) is 8.68. The van der Waals surface area contributed by atoms with E-state index in [-0.39, 0.29) is 0 Å². The van der Waals surface area contributed by atoms with Gasteiger partial charge in [-0.1, -0.05) is 38.1 Å². The summed E-state index contributed by atoms with van der Waals surface area (Å²) in [6.45, 7) is 5.70. The first-order valence-electron chi connectivity index (χ1n) is 6.87. The predicted octanol–water partition coefficient (Wildman–Crippen LogP) is 3.97. The fourth-order valence-electron chi connectivity index (χ4n) is 2.37. The Bertz CT molecular complexity index is 557. The second kappa shape index (κ2) is 5.00. The zero-order chi connectivity index (χ0) is 13.2. The van der Waals surface area contributed by atoms with E-state index >= 15 is 0 Å². The van der Waals surface area contributed by atoms with Crippen molar-refractivity contribution in [3.63, 3.8) is 0 Å². The van der Waals surface area contributed by atoms with Crippen molar-refractivity contribution in [3.8, 4) is 22.8 Å². The second-order valence-corrected chi connectivity index (χ2v) is 4.99. The Morgan fingerprint density at radius 2 is 1.89 bits per heavy atom. The number of rotatable bonds is 3. The van der Waals surface area contributed by atoms with Gasteiger partial charge in [0.2, 0.25) is 0 Å². The Balaban J connectivity index is 1.92. The van der Waals surface area contributed by atoms with Crippen LogP contribution in [-0.2, 0) is 0 Å². The number of benzene rings is 1. The lowest BCUT2D eigenvalue weighted by molar-refractivity contribution is 0.174. The van der Waals surface area contributed by atoms with Gasteiger partial charge in [-0.25, -0.2) is 0 Å². The maximum Gasteiger partial charge on any atom is 0.186 e. The smallest absolute Gasteiger partial charge is 0.186 e. The molecule has 0 saturated carbocycles. The van der Waals surface area contributed by atoms with Crippen molar-refractivity contribution < 1.29 is 9.47 Å². The third-order valence-electron chi connectivity index (χ3n) is 3.77. The highest BCUT2D eigenvalue weighted by molar-refractivity contribution is 5.71. The van der Waals surface area contributed by atoms with Crippen molar-refractivity contribution in [1.82, 2.24) is 4.98 Å². The van der Waals surface area contributed by atoms with E-state index in [1.165, 1.54) is 5.56 Å². The molecule has 2 aromatic rings. The van der Waals surface area contributed by atoms with Gasteiger partial charge in [-0.15, -0.1) is 0 Å². The number of hydrogen-bond acceptors (Lipinski definition) is 2. The summed E-state index contributed by atoms with van der Waals surface area (Å²) in [5.74, 6) is 2.25. The van der Waals surface area contributed by atoms with Crippen molar-refractivity contribution in [2.24, 2.45) is 0 Å². The van der Waals surface area contributed by atoms with Crippen LogP contribution in [0.1, 0.15) is 31.7 Å². The normalized spacial score (nSPS) is 15.3. The summed E-state index contributed by atoms with van der Waals surface area (Å²) in [5, 5.41) is 0. The first kappa shape index (κ1) is 12.2. The molecule has 3 nitrogen and oxygen atoms in total. The van der Waals surface area contributed by atoms with Crippen molar-refractivity contribution in [2.75, 3.05) is 13.2 Å². The van der Waals surface area contributed by atoms with Gasteiger partial charge in [0.15, 0.2) is 11.5 Å². The van der Waals surface area contributed by atoms with Crippen LogP contribution in [0.4, 0.5) is 0 Å². The molecule has 0 amide bonds. The fraction of sp³-hybridized carbons (Fsp3) is 0.375. The van der Waals surface area contributed by atoms with E-state index in [1.807, 2.05) is 6.20 Å². The molecule has 0 saturated heterocycles. The van der Waals surface area contributed by atoms with Crippen LogP contribution < -0.4 is 9.47 Å². The minimum absolute atomic E-state index is 0.603. The minimum atomic E-state index is 0.603. The molecule has 1 unspecified atom stereocenters. The van der Waals surface area contributed by atoms with E-state index in [2.05, 4.69) is 43.1 Å². The molecule has 0 fully saturated rings. The first-order chi connectivity index (χ1) is 9.29. The fourth-order valence-corrected chi connectivity index (χ4v) is 2.37. The SMILES string of the molecule is CCC(C)c1ccc(-c2[nH]cc3c2OCCO3)cc1. The Kier molecular flexibility index (Phi) is 3.20. The third kappa shape index (κ3) is 2.21. The van der Waals surface area contributed by atoms with Gasteiger partial charge in [0.05, 0.1) is 5.69 Å². The maximum absolute atomic E-state index is 5.69. The van der Waals surface area contributed by atoms with Gasteiger partial charge < -0.3 is 14.5 Å². The summed E-state index contributed by atoms with van der Waals surface area (Å²) < 4.78 is 11.2. The van der Waals surface area contributed by atoms with Gasteiger partial charge in [-0.3, -0.25) is 0 Å². The van der Waals surface area contributed by atoms with Crippen LogP contribution in [-0.4, -0.2) is 18.2 Å². The van der Waals surface area contributed by atoms with Crippen LogP contribution in [0, 0.1) is 0 Å². The number of aromatic nitrogens is 1. The van der Waals surface area contributed by atoms with Crippen molar-refractivity contribution in [3.05, 3.63) is 36.0 Å². The van der Waals surface area contributed by atoms with Gasteiger partial charge >= 0.3 is 0 Å². The maximum atomic E-state index is 5.69. The van der Waals surface area contributed by atoms with E-state index in [1.54, 1.807) is 0 Å². The Hall–Kier alpha value is -1.90. The van der Waals surface area contributed by atoms with Gasteiger partial charge in [-0.05, 0) is 17.9 Å². The number of fused-ring (bicyclic) bond motifs is 1. The molecule has 2 heterocycles. The van der Waals surface area contributed by atoms with Crippen molar-refractivity contribution in [1.29, 1.82) is 0 Å². The Morgan fingerprint density at radius 3 is 2.63 bits per heavy atom. The molecule has 1 aromatic heterocycles. The van der Waals surface area contributed by atoms with Crippen LogP contribution in [0.15, 0.2) is 30.5 Å². The number of hydrogen-bond donors (Lipinski definition) is 1. The van der Waals surface area contributed by atoms with Gasteiger partial charge in [-0.2, -0.15) is 0 Å². The lowest BCUT2D eigenvalue weighted by Crippen LogP contribution is -2.14.